The van der Waals surface area contributed by atoms with Gasteiger partial charge in [0.15, 0.2) is 0 Å². The van der Waals surface area contributed by atoms with Gasteiger partial charge in [-0.3, -0.25) is 4.79 Å². The highest BCUT2D eigenvalue weighted by Crippen LogP contribution is 2.31. The first-order valence-electron chi connectivity index (χ1n) is 13.8. The molecule has 2 N–H and O–H groups in total. The fourth-order valence-corrected chi connectivity index (χ4v) is 5.09. The van der Waals surface area contributed by atoms with Crippen LogP contribution in [0, 0.1) is 5.41 Å². The smallest absolute Gasteiger partial charge is 0.220 e. The summed E-state index contributed by atoms with van der Waals surface area (Å²) in [4.78, 5) is 12.8. The third-order valence-corrected chi connectivity index (χ3v) is 6.71. The second-order valence-electron chi connectivity index (χ2n) is 11.0. The van der Waals surface area contributed by atoms with Crippen LogP contribution in [0.25, 0.3) is 5.57 Å². The highest BCUT2D eigenvalue weighted by Gasteiger charge is 2.28. The molecule has 1 aromatic carbocycles. The van der Waals surface area contributed by atoms with Crippen molar-refractivity contribution in [2.24, 2.45) is 5.41 Å². The van der Waals surface area contributed by atoms with Gasteiger partial charge in [0.05, 0.1) is 0 Å². The molecule has 0 radical (unpaired) electrons. The lowest BCUT2D eigenvalue weighted by atomic mass is 9.80. The minimum Gasteiger partial charge on any atom is -0.393 e. The summed E-state index contributed by atoms with van der Waals surface area (Å²) in [5, 5.41) is 6.49. The van der Waals surface area contributed by atoms with E-state index in [0.717, 1.165) is 38.5 Å². The Morgan fingerprint density at radius 2 is 1.67 bits per heavy atom. The van der Waals surface area contributed by atoms with Crippen LogP contribution in [-0.4, -0.2) is 18.5 Å². The van der Waals surface area contributed by atoms with Gasteiger partial charge in [-0.1, -0.05) is 71.1 Å². The summed E-state index contributed by atoms with van der Waals surface area (Å²) >= 11 is 0. The third kappa shape index (κ3) is 9.84. The predicted molar refractivity (Wildman–Crippen MR) is 159 cm³/mol. The van der Waals surface area contributed by atoms with Crippen molar-refractivity contribution in [3.63, 3.8) is 0 Å². The number of amides is 1. The number of nitrogens with one attached hydrogen (secondary N) is 2. The second-order valence-corrected chi connectivity index (χ2v) is 11.0. The minimum atomic E-state index is -0.258. The van der Waals surface area contributed by atoms with Gasteiger partial charge in [0.2, 0.25) is 5.91 Å². The number of carbonyl (C=O) groups excluding carboxylic acids is 1. The molecule has 0 aliphatic carbocycles. The lowest BCUT2D eigenvalue weighted by Crippen LogP contribution is -2.45. The predicted octanol–water partition coefficient (Wildman–Crippen LogP) is 8.10. The van der Waals surface area contributed by atoms with Gasteiger partial charge in [-0.15, -0.1) is 6.58 Å². The maximum Gasteiger partial charge on any atom is 0.220 e. The second kappa shape index (κ2) is 14.9. The number of allylic oxidation sites excluding steroid dienone is 6. The topological polar surface area (TPSA) is 41.1 Å². The Morgan fingerprint density at radius 1 is 1.06 bits per heavy atom. The number of hydrogen-bond donors (Lipinski definition) is 2. The van der Waals surface area contributed by atoms with Crippen LogP contribution in [0.4, 0.5) is 0 Å². The molecule has 3 heteroatoms. The Bertz CT molecular complexity index is 935. The Labute approximate surface area is 222 Å². The molecule has 0 aliphatic heterocycles. The Kier molecular flexibility index (Phi) is 13.0. The molecule has 0 bridgehead atoms. The summed E-state index contributed by atoms with van der Waals surface area (Å²) in [7, 11) is 1.96. The zero-order valence-corrected chi connectivity index (χ0v) is 24.6. The van der Waals surface area contributed by atoms with E-state index in [1.165, 1.54) is 33.4 Å². The first-order chi connectivity index (χ1) is 17.0. The maximum absolute atomic E-state index is 12.8. The molecule has 0 fully saturated rings. The number of hydrogen-bond acceptors (Lipinski definition) is 2. The van der Waals surface area contributed by atoms with Crippen molar-refractivity contribution in [3.05, 3.63) is 77.0 Å². The van der Waals surface area contributed by atoms with Crippen LogP contribution in [0.1, 0.15) is 103 Å². The quantitative estimate of drug-likeness (QED) is 0.192. The Balaban J connectivity index is 3.10. The summed E-state index contributed by atoms with van der Waals surface area (Å²) in [6.45, 7) is 21.2. The molecule has 0 unspecified atom stereocenters. The largest absolute Gasteiger partial charge is 0.393 e. The Hall–Kier alpha value is -2.55. The van der Waals surface area contributed by atoms with Crippen molar-refractivity contribution in [3.8, 4) is 0 Å². The van der Waals surface area contributed by atoms with Crippen LogP contribution in [0.2, 0.25) is 0 Å². The molecule has 1 rings (SSSR count). The summed E-state index contributed by atoms with van der Waals surface area (Å²) in [6.07, 6.45) is 16.8. The zero-order valence-electron chi connectivity index (χ0n) is 24.6. The van der Waals surface area contributed by atoms with Crippen LogP contribution in [0.15, 0.2) is 54.8 Å². The monoisotopic (exact) mass is 492 g/mol. The Morgan fingerprint density at radius 3 is 2.14 bits per heavy atom. The summed E-state index contributed by atoms with van der Waals surface area (Å²) in [6, 6.07) is 4.70. The lowest BCUT2D eigenvalue weighted by Gasteiger charge is -2.33. The van der Waals surface area contributed by atoms with Gasteiger partial charge in [0, 0.05) is 30.8 Å². The van der Waals surface area contributed by atoms with Crippen molar-refractivity contribution in [1.29, 1.82) is 0 Å². The average molecular weight is 493 g/mol. The number of carbonyl (C=O) groups is 1. The van der Waals surface area contributed by atoms with E-state index in [0.29, 0.717) is 6.42 Å². The van der Waals surface area contributed by atoms with Crippen LogP contribution in [-0.2, 0) is 24.1 Å². The van der Waals surface area contributed by atoms with E-state index in [9.17, 15) is 4.79 Å². The first kappa shape index (κ1) is 31.5. The van der Waals surface area contributed by atoms with E-state index in [1.807, 2.05) is 13.1 Å². The highest BCUT2D eigenvalue weighted by atomic mass is 16.1. The van der Waals surface area contributed by atoms with E-state index in [-0.39, 0.29) is 16.9 Å². The maximum atomic E-state index is 12.8. The van der Waals surface area contributed by atoms with Crippen LogP contribution >= 0.6 is 0 Å². The van der Waals surface area contributed by atoms with Crippen molar-refractivity contribution in [1.82, 2.24) is 10.6 Å². The molecular formula is C33H52N2O. The molecule has 3 nitrogen and oxygen atoms in total. The van der Waals surface area contributed by atoms with Crippen molar-refractivity contribution >= 4 is 11.5 Å². The van der Waals surface area contributed by atoms with Gasteiger partial charge in [-0.05, 0) is 92.5 Å². The molecular weight excluding hydrogens is 440 g/mol. The highest BCUT2D eigenvalue weighted by molar-refractivity contribution is 5.82. The molecule has 36 heavy (non-hydrogen) atoms. The van der Waals surface area contributed by atoms with Gasteiger partial charge < -0.3 is 10.6 Å². The van der Waals surface area contributed by atoms with E-state index >= 15 is 0 Å². The van der Waals surface area contributed by atoms with E-state index in [2.05, 4.69) is 109 Å². The van der Waals surface area contributed by atoms with Gasteiger partial charge >= 0.3 is 0 Å². The average Bonchev–Trinajstić information content (AvgIpc) is 2.82. The van der Waals surface area contributed by atoms with Gasteiger partial charge in [0.1, 0.15) is 0 Å². The molecule has 0 spiro atoms. The normalized spacial score (nSPS) is 13.2. The molecule has 0 saturated carbocycles. The molecule has 200 valence electrons. The van der Waals surface area contributed by atoms with Crippen LogP contribution in [0.5, 0.6) is 0 Å². The van der Waals surface area contributed by atoms with Crippen molar-refractivity contribution in [2.45, 2.75) is 106 Å². The van der Waals surface area contributed by atoms with Gasteiger partial charge in [-0.25, -0.2) is 0 Å². The summed E-state index contributed by atoms with van der Waals surface area (Å²) < 4.78 is 0. The number of benzene rings is 1. The SMILES string of the molecule is C=CC(C)(C)CC(C)(C)NC(=O)CCCc1c(CC)cc(C(=C/NC)/C(/C=C\CC)=C\C)cc1CC. The minimum absolute atomic E-state index is 0.00959. The van der Waals surface area contributed by atoms with Crippen LogP contribution < -0.4 is 10.6 Å². The standard InChI is InChI=1S/C33H52N2O/c1-11-16-18-25(12-2)30(23-34-10)28-21-26(13-3)29(27(14-4)22-28)19-17-20-31(36)35-33(8,9)24-32(6,7)15-5/h12,15-16,18,21-23,34H,5,11,13-14,17,19-20,24H2,1-4,6-10H3,(H,35,36)/b18-16-,25-12-,30-23+. The first-order valence-corrected chi connectivity index (χ1v) is 13.8. The van der Waals surface area contributed by atoms with Crippen LogP contribution in [0.3, 0.4) is 0 Å². The summed E-state index contributed by atoms with van der Waals surface area (Å²) in [5.74, 6) is 0.132. The van der Waals surface area contributed by atoms with E-state index < -0.39 is 0 Å². The van der Waals surface area contributed by atoms with Crippen molar-refractivity contribution in [2.75, 3.05) is 7.05 Å². The lowest BCUT2D eigenvalue weighted by molar-refractivity contribution is -0.123. The molecule has 0 aliphatic rings. The number of rotatable bonds is 15. The van der Waals surface area contributed by atoms with E-state index in [1.54, 1.807) is 0 Å². The van der Waals surface area contributed by atoms with Gasteiger partial charge in [-0.2, -0.15) is 0 Å². The van der Waals surface area contributed by atoms with Gasteiger partial charge in [0.25, 0.3) is 0 Å². The molecule has 0 saturated heterocycles. The molecule has 1 aromatic rings. The van der Waals surface area contributed by atoms with Crippen molar-refractivity contribution < 1.29 is 4.79 Å². The fourth-order valence-electron chi connectivity index (χ4n) is 5.09. The summed E-state index contributed by atoms with van der Waals surface area (Å²) in [5.41, 5.74) is 7.60. The molecule has 0 heterocycles. The fraction of sp³-hybridized carbons (Fsp3) is 0.545. The molecule has 1 amide bonds. The number of aryl methyl sites for hydroxylation is 2. The van der Waals surface area contributed by atoms with E-state index in [4.69, 9.17) is 0 Å². The molecule has 0 atom stereocenters. The zero-order chi connectivity index (χ0) is 27.4. The third-order valence-electron chi connectivity index (χ3n) is 6.71. The molecule has 0 aromatic heterocycles.